The van der Waals surface area contributed by atoms with E-state index in [1.165, 1.54) is 0 Å². The molecule has 226 valence electrons. The highest BCUT2D eigenvalue weighted by Gasteiger charge is 2.72. The summed E-state index contributed by atoms with van der Waals surface area (Å²) in [6.45, 7) is 6.58. The van der Waals surface area contributed by atoms with E-state index in [0.717, 1.165) is 30.4 Å². The van der Waals surface area contributed by atoms with E-state index in [2.05, 4.69) is 24.5 Å². The molecule has 2 N–H and O–H groups in total. The first kappa shape index (κ1) is 28.2. The number of likely N-dealkylation sites (tertiary alicyclic amines) is 1. The molecular formula is C33H36ClN3O6. The number of hydrogen-bond acceptors (Lipinski definition) is 6. The first-order chi connectivity index (χ1) is 20.7. The van der Waals surface area contributed by atoms with Crippen LogP contribution in [0, 0.1) is 30.6 Å². The molecule has 5 aliphatic rings. The number of amides is 3. The summed E-state index contributed by atoms with van der Waals surface area (Å²) in [5.41, 5.74) is 0.975. The molecule has 9 nitrogen and oxygen atoms in total. The van der Waals surface area contributed by atoms with Gasteiger partial charge < -0.3 is 29.7 Å². The molecule has 4 aliphatic heterocycles. The monoisotopic (exact) mass is 605 g/mol. The van der Waals surface area contributed by atoms with Gasteiger partial charge in [-0.2, -0.15) is 0 Å². The van der Waals surface area contributed by atoms with Gasteiger partial charge in [-0.05, 0) is 60.6 Å². The Balaban J connectivity index is 1.21. The maximum atomic E-state index is 14.4. The van der Waals surface area contributed by atoms with Crippen LogP contribution in [0.15, 0.2) is 48.6 Å². The van der Waals surface area contributed by atoms with E-state index >= 15 is 0 Å². The van der Waals surface area contributed by atoms with Crippen LogP contribution in [0.4, 0.5) is 5.69 Å². The van der Waals surface area contributed by atoms with Gasteiger partial charge >= 0.3 is 0 Å². The van der Waals surface area contributed by atoms with E-state index in [4.69, 9.17) is 25.8 Å². The smallest absolute Gasteiger partial charge is 0.246 e. The maximum absolute atomic E-state index is 14.4. The van der Waals surface area contributed by atoms with Crippen molar-refractivity contribution in [3.05, 3.63) is 64.7 Å². The minimum absolute atomic E-state index is 0.00200. The van der Waals surface area contributed by atoms with E-state index in [-0.39, 0.29) is 37.1 Å². The molecule has 3 amide bonds. The van der Waals surface area contributed by atoms with E-state index in [1.807, 2.05) is 43.3 Å². The Kier molecular flexibility index (Phi) is 6.93. The van der Waals surface area contributed by atoms with Crippen molar-refractivity contribution in [1.29, 1.82) is 0 Å². The van der Waals surface area contributed by atoms with Crippen molar-refractivity contribution in [2.24, 2.45) is 23.7 Å². The Hall–Kier alpha value is -3.56. The van der Waals surface area contributed by atoms with Crippen LogP contribution in [0.1, 0.15) is 44.2 Å². The Bertz CT molecular complexity index is 1530. The normalized spacial score (nSPS) is 33.5. The van der Waals surface area contributed by atoms with Crippen LogP contribution in [0.25, 0.3) is 0 Å². The van der Waals surface area contributed by atoms with Crippen molar-refractivity contribution < 1.29 is 28.6 Å². The molecule has 1 spiro atoms. The molecule has 7 rings (SSSR count). The SMILES string of the molecule is Cc1ccc(NC(=O)[C@H]2[C@H]3C=C[C@@]4(O3)[C@H]2C(=O)N(Cc2ccc3c(c2)OCO3)[C@@H]4C(=O)N[C@@H]2CCC[C@@H](C)[C@@H]2C)cc1Cl. The fraction of sp³-hybridized carbons (Fsp3) is 0.485. The van der Waals surface area contributed by atoms with Crippen molar-refractivity contribution in [3.63, 3.8) is 0 Å². The average Bonchev–Trinajstić information content (AvgIpc) is 3.74. The Labute approximate surface area is 255 Å². The number of nitrogens with zero attached hydrogens (tertiary/aromatic N) is 1. The molecule has 4 heterocycles. The van der Waals surface area contributed by atoms with Gasteiger partial charge in [0.15, 0.2) is 11.5 Å². The molecular weight excluding hydrogens is 570 g/mol. The van der Waals surface area contributed by atoms with Crippen molar-refractivity contribution in [2.45, 2.75) is 70.4 Å². The zero-order valence-corrected chi connectivity index (χ0v) is 25.2. The lowest BCUT2D eigenvalue weighted by atomic mass is 9.73. The molecule has 2 aromatic carbocycles. The minimum Gasteiger partial charge on any atom is -0.454 e. The van der Waals surface area contributed by atoms with Gasteiger partial charge in [0.1, 0.15) is 11.6 Å². The fourth-order valence-electron chi connectivity index (χ4n) is 7.62. The molecule has 43 heavy (non-hydrogen) atoms. The largest absolute Gasteiger partial charge is 0.454 e. The molecule has 2 saturated heterocycles. The van der Waals surface area contributed by atoms with E-state index in [1.54, 1.807) is 17.0 Å². The van der Waals surface area contributed by atoms with Crippen molar-refractivity contribution >= 4 is 35.0 Å². The van der Waals surface area contributed by atoms with Gasteiger partial charge in [0.25, 0.3) is 0 Å². The number of rotatable bonds is 6. The van der Waals surface area contributed by atoms with Gasteiger partial charge in [-0.15, -0.1) is 0 Å². The summed E-state index contributed by atoms with van der Waals surface area (Å²) in [4.78, 5) is 44.0. The quantitative estimate of drug-likeness (QED) is 0.466. The highest BCUT2D eigenvalue weighted by atomic mass is 35.5. The molecule has 8 atom stereocenters. The number of carbonyl (C=O) groups excluding carboxylic acids is 3. The number of benzene rings is 2. The van der Waals surface area contributed by atoms with Crippen molar-refractivity contribution in [2.75, 3.05) is 12.1 Å². The minimum atomic E-state index is -1.25. The highest BCUT2D eigenvalue weighted by Crippen LogP contribution is 2.55. The Morgan fingerprint density at radius 2 is 1.88 bits per heavy atom. The molecule has 0 aromatic heterocycles. The van der Waals surface area contributed by atoms with Gasteiger partial charge in [-0.1, -0.05) is 62.6 Å². The van der Waals surface area contributed by atoms with Crippen LogP contribution >= 0.6 is 11.6 Å². The molecule has 3 fully saturated rings. The van der Waals surface area contributed by atoms with Crippen LogP contribution in [-0.4, -0.2) is 53.2 Å². The number of fused-ring (bicyclic) bond motifs is 2. The standard InChI is InChI=1S/C33H36ClN3O6/c1-17-5-4-6-23(19(17)3)36-31(39)29-33-12-11-25(43-33)27(30(38)35-21-9-7-18(2)22(34)14-21)28(33)32(40)37(29)15-20-8-10-24-26(13-20)42-16-41-24/h7-14,17,19,23,25,27-29H,4-6,15-16H2,1-3H3,(H,35,38)(H,36,39)/t17-,19+,23-,25-,27+,28-,29-,33-/m1/s1. The number of carbonyl (C=O) groups is 3. The van der Waals surface area contributed by atoms with Gasteiger partial charge in [-0.3, -0.25) is 14.4 Å². The van der Waals surface area contributed by atoms with Gasteiger partial charge in [0.05, 0.1) is 17.9 Å². The fourth-order valence-corrected chi connectivity index (χ4v) is 7.80. The number of aryl methyl sites for hydroxylation is 1. The average molecular weight is 606 g/mol. The zero-order valence-electron chi connectivity index (χ0n) is 24.5. The summed E-state index contributed by atoms with van der Waals surface area (Å²) in [5, 5.41) is 6.77. The lowest BCUT2D eigenvalue weighted by molar-refractivity contribution is -0.142. The summed E-state index contributed by atoms with van der Waals surface area (Å²) in [6.07, 6.45) is 6.11. The Morgan fingerprint density at radius 1 is 1.07 bits per heavy atom. The molecule has 0 radical (unpaired) electrons. The Morgan fingerprint density at radius 3 is 2.70 bits per heavy atom. The second-order valence-corrected chi connectivity index (χ2v) is 13.1. The maximum Gasteiger partial charge on any atom is 0.246 e. The van der Waals surface area contributed by atoms with Crippen LogP contribution in [0.3, 0.4) is 0 Å². The molecule has 10 heteroatoms. The number of anilines is 1. The number of hydrogen-bond donors (Lipinski definition) is 2. The number of halogens is 1. The first-order valence-corrected chi connectivity index (χ1v) is 15.5. The van der Waals surface area contributed by atoms with Crippen LogP contribution in [0.5, 0.6) is 11.5 Å². The second-order valence-electron chi connectivity index (χ2n) is 12.7. The van der Waals surface area contributed by atoms with E-state index in [9.17, 15) is 14.4 Å². The lowest BCUT2D eigenvalue weighted by Gasteiger charge is -2.38. The predicted octanol–water partition coefficient (Wildman–Crippen LogP) is 4.61. The number of ether oxygens (including phenoxy) is 3. The van der Waals surface area contributed by atoms with Crippen LogP contribution in [0.2, 0.25) is 5.02 Å². The summed E-state index contributed by atoms with van der Waals surface area (Å²) < 4.78 is 17.5. The topological polar surface area (TPSA) is 106 Å². The molecule has 2 aromatic rings. The summed E-state index contributed by atoms with van der Waals surface area (Å²) in [6, 6.07) is 9.88. The summed E-state index contributed by atoms with van der Waals surface area (Å²) in [5.74, 6) is -0.494. The number of nitrogens with one attached hydrogen (secondary N) is 2. The molecule has 2 bridgehead atoms. The van der Waals surface area contributed by atoms with E-state index in [0.29, 0.717) is 34.0 Å². The van der Waals surface area contributed by atoms with Gasteiger partial charge in [0.2, 0.25) is 24.5 Å². The summed E-state index contributed by atoms with van der Waals surface area (Å²) in [7, 11) is 0. The van der Waals surface area contributed by atoms with Crippen LogP contribution < -0.4 is 20.1 Å². The highest BCUT2D eigenvalue weighted by molar-refractivity contribution is 6.31. The van der Waals surface area contributed by atoms with Crippen LogP contribution in [-0.2, 0) is 25.7 Å². The third-order valence-corrected chi connectivity index (χ3v) is 10.6. The van der Waals surface area contributed by atoms with Crippen molar-refractivity contribution in [1.82, 2.24) is 10.2 Å². The molecule has 1 saturated carbocycles. The summed E-state index contributed by atoms with van der Waals surface area (Å²) >= 11 is 6.31. The molecule has 1 aliphatic carbocycles. The first-order valence-electron chi connectivity index (χ1n) is 15.1. The van der Waals surface area contributed by atoms with Gasteiger partial charge in [-0.25, -0.2) is 0 Å². The van der Waals surface area contributed by atoms with Crippen molar-refractivity contribution in [3.8, 4) is 11.5 Å². The van der Waals surface area contributed by atoms with E-state index < -0.39 is 29.6 Å². The zero-order chi connectivity index (χ0) is 30.0. The third kappa shape index (κ3) is 4.59. The molecule has 0 unspecified atom stereocenters. The predicted molar refractivity (Wildman–Crippen MR) is 160 cm³/mol. The lowest BCUT2D eigenvalue weighted by Crippen LogP contribution is -2.57. The second kappa shape index (κ2) is 10.6. The third-order valence-electron chi connectivity index (χ3n) is 10.2. The van der Waals surface area contributed by atoms with Gasteiger partial charge in [0, 0.05) is 23.3 Å².